The summed E-state index contributed by atoms with van der Waals surface area (Å²) in [6.45, 7) is 6.75. The van der Waals surface area contributed by atoms with E-state index in [1.54, 1.807) is 21.9 Å². The molecule has 2 aliphatic rings. The second-order valence-corrected chi connectivity index (χ2v) is 10.6. The van der Waals surface area contributed by atoms with Crippen molar-refractivity contribution >= 4 is 34.6 Å². The summed E-state index contributed by atoms with van der Waals surface area (Å²) in [7, 11) is 0. The lowest BCUT2D eigenvalue weighted by atomic mass is 10.1. The van der Waals surface area contributed by atoms with Crippen LogP contribution in [0.2, 0.25) is 0 Å². The van der Waals surface area contributed by atoms with E-state index in [-0.39, 0.29) is 42.3 Å². The van der Waals surface area contributed by atoms with Crippen LogP contribution in [0.4, 0.5) is 5.82 Å². The van der Waals surface area contributed by atoms with Gasteiger partial charge in [0.15, 0.2) is 22.9 Å². The largest absolute Gasteiger partial charge is 0.487 e. The molecule has 12 nitrogen and oxygen atoms in total. The lowest BCUT2D eigenvalue weighted by Crippen LogP contribution is -2.46. The van der Waals surface area contributed by atoms with Gasteiger partial charge in [0, 0.05) is 37.3 Å². The van der Waals surface area contributed by atoms with Gasteiger partial charge in [-0.1, -0.05) is 13.3 Å². The van der Waals surface area contributed by atoms with Gasteiger partial charge in [0.1, 0.15) is 11.3 Å². The molecule has 0 saturated heterocycles. The van der Waals surface area contributed by atoms with Gasteiger partial charge in [-0.25, -0.2) is 9.97 Å². The Morgan fingerprint density at radius 2 is 2.00 bits per heavy atom. The molecule has 212 valence electrons. The second-order valence-electron chi connectivity index (χ2n) is 10.6. The highest BCUT2D eigenvalue weighted by atomic mass is 16.5. The summed E-state index contributed by atoms with van der Waals surface area (Å²) in [6.07, 6.45) is 7.06. The van der Waals surface area contributed by atoms with Crippen LogP contribution in [-0.2, 0) is 11.3 Å². The van der Waals surface area contributed by atoms with Gasteiger partial charge in [-0.3, -0.25) is 19.2 Å². The van der Waals surface area contributed by atoms with Gasteiger partial charge < -0.3 is 29.8 Å². The molecule has 1 saturated carbocycles. The Kier molecular flexibility index (Phi) is 7.85. The minimum atomic E-state index is -0.427. The minimum Gasteiger partial charge on any atom is -0.487 e. The van der Waals surface area contributed by atoms with Crippen LogP contribution in [-0.4, -0.2) is 74.3 Å². The number of amides is 2. The van der Waals surface area contributed by atoms with E-state index in [1.165, 1.54) is 6.07 Å². The van der Waals surface area contributed by atoms with Crippen molar-refractivity contribution in [1.82, 2.24) is 29.7 Å². The van der Waals surface area contributed by atoms with Crippen molar-refractivity contribution in [2.75, 3.05) is 31.6 Å². The number of hydrogen-bond donors (Lipinski definition) is 3. The van der Waals surface area contributed by atoms with Gasteiger partial charge in [-0.15, -0.1) is 0 Å². The number of hydrogen-bond acceptors (Lipinski definition) is 8. The Balaban J connectivity index is 1.27. The van der Waals surface area contributed by atoms with E-state index < -0.39 is 11.3 Å². The number of ether oxygens (including phenoxy) is 1. The fourth-order valence-corrected chi connectivity index (χ4v) is 4.79. The zero-order valence-electron chi connectivity index (χ0n) is 23.1. The quantitative estimate of drug-likeness (QED) is 0.292. The van der Waals surface area contributed by atoms with Crippen molar-refractivity contribution in [1.29, 1.82) is 0 Å². The number of aromatic amines is 1. The molecule has 12 heteroatoms. The molecule has 1 fully saturated rings. The first-order valence-corrected chi connectivity index (χ1v) is 13.9. The Labute approximate surface area is 231 Å². The number of pyridine rings is 1. The molecule has 3 aromatic rings. The van der Waals surface area contributed by atoms with Crippen molar-refractivity contribution < 1.29 is 19.1 Å². The number of H-pyrrole nitrogens is 1. The maximum absolute atomic E-state index is 13.3. The smallest absolute Gasteiger partial charge is 0.274 e. The Hall–Kier alpha value is -4.22. The van der Waals surface area contributed by atoms with E-state index >= 15 is 0 Å². The lowest BCUT2D eigenvalue weighted by Gasteiger charge is -2.34. The number of aromatic nitrogens is 4. The number of carbonyl (C=O) groups excluding carboxylic acids is 3. The number of Topliss-reactive ketones (excluding diaryl/α,β-unsaturated/α-hetero) is 1. The number of rotatable bonds is 12. The van der Waals surface area contributed by atoms with E-state index in [0.717, 1.165) is 31.4 Å². The van der Waals surface area contributed by atoms with Crippen LogP contribution in [0.25, 0.3) is 11.2 Å². The van der Waals surface area contributed by atoms with Crippen LogP contribution < -0.4 is 20.8 Å². The van der Waals surface area contributed by atoms with Crippen LogP contribution in [0.3, 0.4) is 0 Å². The number of unbranched alkanes of at least 4 members (excludes halogenated alkanes) is 1. The summed E-state index contributed by atoms with van der Waals surface area (Å²) in [4.78, 5) is 65.5. The van der Waals surface area contributed by atoms with E-state index in [1.807, 2.05) is 20.8 Å². The third-order valence-electron chi connectivity index (χ3n) is 7.22. The molecule has 40 heavy (non-hydrogen) atoms. The van der Waals surface area contributed by atoms with Crippen molar-refractivity contribution in [3.63, 3.8) is 0 Å². The second kappa shape index (κ2) is 11.5. The van der Waals surface area contributed by atoms with Gasteiger partial charge in [0.2, 0.25) is 5.43 Å². The molecule has 3 aromatic heterocycles. The zero-order valence-corrected chi connectivity index (χ0v) is 23.1. The maximum atomic E-state index is 13.3. The average Bonchev–Trinajstić information content (AvgIpc) is 3.70. The van der Waals surface area contributed by atoms with Crippen LogP contribution >= 0.6 is 0 Å². The molecule has 1 aliphatic heterocycles. The summed E-state index contributed by atoms with van der Waals surface area (Å²) in [5.74, 6) is -0.205. The summed E-state index contributed by atoms with van der Waals surface area (Å²) in [6, 6.07) is 1.32. The number of ketones is 1. The molecule has 0 unspecified atom stereocenters. The van der Waals surface area contributed by atoms with Crippen molar-refractivity contribution in [2.45, 2.75) is 65.0 Å². The monoisotopic (exact) mass is 549 g/mol. The maximum Gasteiger partial charge on any atom is 0.274 e. The first-order chi connectivity index (χ1) is 19.3. The number of fused-ring (bicyclic) bond motifs is 2. The van der Waals surface area contributed by atoms with Crippen molar-refractivity contribution in [3.05, 3.63) is 45.6 Å². The molecule has 0 aromatic carbocycles. The van der Waals surface area contributed by atoms with Crippen LogP contribution in [0, 0.1) is 0 Å². The highest BCUT2D eigenvalue weighted by molar-refractivity contribution is 6.05. The minimum absolute atomic E-state index is 0.0370. The summed E-state index contributed by atoms with van der Waals surface area (Å²) in [5, 5.41) is 5.64. The van der Waals surface area contributed by atoms with E-state index in [4.69, 9.17) is 4.74 Å². The first-order valence-electron chi connectivity index (χ1n) is 13.9. The van der Waals surface area contributed by atoms with Gasteiger partial charge >= 0.3 is 0 Å². The molecule has 1 aliphatic carbocycles. The lowest BCUT2D eigenvalue weighted by molar-refractivity contribution is -0.116. The SMILES string of the molecule is CCCCOc1c2n(c(NCC(=O)CNC(=O)c3c[nH]c4ncc(C5CC5)nc34)cc1=O)CCN(C(C)C)C2=O. The predicted molar refractivity (Wildman–Crippen MR) is 149 cm³/mol. The summed E-state index contributed by atoms with van der Waals surface area (Å²) >= 11 is 0. The Morgan fingerprint density at radius 3 is 2.73 bits per heavy atom. The predicted octanol–water partition coefficient (Wildman–Crippen LogP) is 2.45. The number of carbonyl (C=O) groups is 3. The van der Waals surface area contributed by atoms with Crippen molar-refractivity contribution in [3.8, 4) is 5.75 Å². The molecule has 0 atom stereocenters. The van der Waals surface area contributed by atoms with E-state index in [2.05, 4.69) is 25.6 Å². The highest BCUT2D eigenvalue weighted by Crippen LogP contribution is 2.39. The molecular formula is C28H35N7O5. The third-order valence-corrected chi connectivity index (χ3v) is 7.22. The summed E-state index contributed by atoms with van der Waals surface area (Å²) < 4.78 is 7.48. The van der Waals surface area contributed by atoms with Crippen LogP contribution in [0.5, 0.6) is 5.75 Å². The van der Waals surface area contributed by atoms with Crippen molar-refractivity contribution in [2.24, 2.45) is 0 Å². The molecule has 5 rings (SSSR count). The number of nitrogens with zero attached hydrogens (tertiary/aromatic N) is 4. The Morgan fingerprint density at radius 1 is 1.20 bits per heavy atom. The zero-order chi connectivity index (χ0) is 28.4. The topological polar surface area (TPSA) is 151 Å². The van der Waals surface area contributed by atoms with Gasteiger partial charge in [0.25, 0.3) is 11.8 Å². The normalized spacial score (nSPS) is 14.9. The fraction of sp³-hybridized carbons (Fsp3) is 0.500. The first kappa shape index (κ1) is 27.4. The van der Waals surface area contributed by atoms with Gasteiger partial charge in [-0.05, 0) is 33.1 Å². The molecule has 0 spiro atoms. The molecule has 0 bridgehead atoms. The standard InChI is InChI=1S/C28H35N7O5/c1-4-5-10-40-25-21(37)11-22(35-9-8-34(16(2)3)28(39)24(25)35)29-12-18(36)13-32-27(38)19-14-30-26-23(19)33-20(15-31-26)17-6-7-17/h11,14-17,29H,4-10,12-13H2,1-3H3,(H,30,31)(H,32,38). The number of anilines is 1. The Bertz CT molecular complexity index is 1500. The van der Waals surface area contributed by atoms with Crippen LogP contribution in [0.1, 0.15) is 78.9 Å². The van der Waals surface area contributed by atoms with E-state index in [9.17, 15) is 19.2 Å². The molecular weight excluding hydrogens is 514 g/mol. The molecule has 3 N–H and O–H groups in total. The fourth-order valence-electron chi connectivity index (χ4n) is 4.79. The van der Waals surface area contributed by atoms with Gasteiger partial charge in [-0.2, -0.15) is 0 Å². The molecule has 2 amide bonds. The molecule has 0 radical (unpaired) electrons. The molecule has 4 heterocycles. The number of nitrogens with one attached hydrogen (secondary N) is 3. The van der Waals surface area contributed by atoms with Gasteiger partial charge in [0.05, 0.1) is 37.2 Å². The van der Waals surface area contributed by atoms with E-state index in [0.29, 0.717) is 48.2 Å². The highest BCUT2D eigenvalue weighted by Gasteiger charge is 2.32. The third kappa shape index (κ3) is 5.56. The average molecular weight is 550 g/mol. The summed E-state index contributed by atoms with van der Waals surface area (Å²) in [5.41, 5.74) is 1.98. The van der Waals surface area contributed by atoms with Crippen LogP contribution in [0.15, 0.2) is 23.3 Å².